The zero-order valence-corrected chi connectivity index (χ0v) is 12.6. The van der Waals surface area contributed by atoms with Gasteiger partial charge in [-0.1, -0.05) is 6.07 Å². The highest BCUT2D eigenvalue weighted by molar-refractivity contribution is 5.92. The molecule has 6 heteroatoms. The summed E-state index contributed by atoms with van der Waals surface area (Å²) < 4.78 is 7.21. The third-order valence-corrected chi connectivity index (χ3v) is 3.07. The molecule has 21 heavy (non-hydrogen) atoms. The lowest BCUT2D eigenvalue weighted by Crippen LogP contribution is -2.27. The van der Waals surface area contributed by atoms with Crippen LogP contribution in [-0.2, 0) is 13.1 Å². The van der Waals surface area contributed by atoms with Crippen molar-refractivity contribution < 1.29 is 9.53 Å². The van der Waals surface area contributed by atoms with E-state index in [4.69, 9.17) is 4.74 Å². The van der Waals surface area contributed by atoms with Crippen LogP contribution in [0.1, 0.15) is 29.9 Å². The molecule has 0 aliphatic heterocycles. The topological polar surface area (TPSA) is 60.2 Å². The molecule has 0 bridgehead atoms. The molecule has 0 radical (unpaired) electrons. The lowest BCUT2D eigenvalue weighted by molar-refractivity contribution is 0.0777. The summed E-state index contributed by atoms with van der Waals surface area (Å²) in [5.74, 6) is 0.451. The van der Waals surface area contributed by atoms with Crippen molar-refractivity contribution in [2.75, 3.05) is 13.7 Å². The van der Waals surface area contributed by atoms with Crippen LogP contribution in [0.2, 0.25) is 0 Å². The largest absolute Gasteiger partial charge is 0.478 e. The zero-order chi connectivity index (χ0) is 15.2. The SMILES string of the molecule is CCOc1ncccc1CN(C)C(=O)c1ccn(CC)n1. The van der Waals surface area contributed by atoms with E-state index in [1.165, 1.54) is 0 Å². The van der Waals surface area contributed by atoms with E-state index in [1.54, 1.807) is 35.1 Å². The van der Waals surface area contributed by atoms with Crippen LogP contribution in [0, 0.1) is 0 Å². The van der Waals surface area contributed by atoms with Crippen LogP contribution < -0.4 is 4.74 Å². The molecule has 0 fully saturated rings. The van der Waals surface area contributed by atoms with Crippen molar-refractivity contribution in [3.05, 3.63) is 41.9 Å². The number of aromatic nitrogens is 3. The van der Waals surface area contributed by atoms with Gasteiger partial charge in [0.1, 0.15) is 5.69 Å². The van der Waals surface area contributed by atoms with Crippen molar-refractivity contribution in [2.45, 2.75) is 26.9 Å². The Bertz CT molecular complexity index is 609. The van der Waals surface area contributed by atoms with E-state index in [0.29, 0.717) is 24.7 Å². The Morgan fingerprint density at radius 3 is 2.86 bits per heavy atom. The number of rotatable bonds is 6. The van der Waals surface area contributed by atoms with Gasteiger partial charge >= 0.3 is 0 Å². The van der Waals surface area contributed by atoms with Gasteiger partial charge in [0.2, 0.25) is 5.88 Å². The van der Waals surface area contributed by atoms with Crippen LogP contribution in [0.15, 0.2) is 30.6 Å². The minimum Gasteiger partial charge on any atom is -0.478 e. The Kier molecular flexibility index (Phi) is 4.92. The van der Waals surface area contributed by atoms with Gasteiger partial charge in [-0.15, -0.1) is 0 Å². The Morgan fingerprint density at radius 2 is 2.19 bits per heavy atom. The van der Waals surface area contributed by atoms with Crippen molar-refractivity contribution in [3.63, 3.8) is 0 Å². The standard InChI is InChI=1S/C15H20N4O2/c1-4-19-10-8-13(17-19)15(20)18(3)11-12-7-6-9-16-14(12)21-5-2/h6-10H,4-5,11H2,1-3H3. The molecule has 2 rings (SSSR count). The molecule has 0 spiro atoms. The van der Waals surface area contributed by atoms with Crippen molar-refractivity contribution in [2.24, 2.45) is 0 Å². The van der Waals surface area contributed by atoms with Gasteiger partial charge in [0.15, 0.2) is 0 Å². The summed E-state index contributed by atoms with van der Waals surface area (Å²) in [7, 11) is 1.75. The van der Waals surface area contributed by atoms with Gasteiger partial charge in [-0.2, -0.15) is 5.10 Å². The average Bonchev–Trinajstić information content (AvgIpc) is 2.97. The average molecular weight is 288 g/mol. The number of nitrogens with zero attached hydrogens (tertiary/aromatic N) is 4. The molecule has 0 atom stereocenters. The third kappa shape index (κ3) is 3.59. The highest BCUT2D eigenvalue weighted by Crippen LogP contribution is 2.17. The fourth-order valence-electron chi connectivity index (χ4n) is 1.99. The highest BCUT2D eigenvalue weighted by atomic mass is 16.5. The highest BCUT2D eigenvalue weighted by Gasteiger charge is 2.16. The second-order valence-electron chi connectivity index (χ2n) is 4.62. The van der Waals surface area contributed by atoms with Crippen LogP contribution >= 0.6 is 0 Å². The van der Waals surface area contributed by atoms with Gasteiger partial charge in [-0.05, 0) is 26.0 Å². The zero-order valence-electron chi connectivity index (χ0n) is 12.6. The molecule has 2 aromatic rings. The van der Waals surface area contributed by atoms with Crippen molar-refractivity contribution in [3.8, 4) is 5.88 Å². The number of hydrogen-bond donors (Lipinski definition) is 0. The monoisotopic (exact) mass is 288 g/mol. The Hall–Kier alpha value is -2.37. The molecule has 2 heterocycles. The fourth-order valence-corrected chi connectivity index (χ4v) is 1.99. The van der Waals surface area contributed by atoms with Crippen LogP contribution in [0.3, 0.4) is 0 Å². The first kappa shape index (κ1) is 15.0. The molecule has 1 amide bonds. The predicted octanol–water partition coefficient (Wildman–Crippen LogP) is 1.97. The van der Waals surface area contributed by atoms with E-state index in [-0.39, 0.29) is 5.91 Å². The minimum atomic E-state index is -0.117. The molecule has 2 aromatic heterocycles. The first-order chi connectivity index (χ1) is 10.2. The summed E-state index contributed by atoms with van der Waals surface area (Å²) in [6, 6.07) is 5.48. The van der Waals surface area contributed by atoms with Crippen molar-refractivity contribution in [1.82, 2.24) is 19.7 Å². The van der Waals surface area contributed by atoms with Crippen LogP contribution in [-0.4, -0.2) is 39.2 Å². The van der Waals surface area contributed by atoms with Crippen molar-refractivity contribution in [1.29, 1.82) is 0 Å². The lowest BCUT2D eigenvalue weighted by atomic mass is 10.2. The maximum Gasteiger partial charge on any atom is 0.274 e. The van der Waals surface area contributed by atoms with E-state index in [1.807, 2.05) is 26.0 Å². The maximum absolute atomic E-state index is 12.3. The second kappa shape index (κ2) is 6.88. The van der Waals surface area contributed by atoms with E-state index in [9.17, 15) is 4.79 Å². The molecule has 112 valence electrons. The van der Waals surface area contributed by atoms with Gasteiger partial charge in [-0.3, -0.25) is 9.48 Å². The van der Waals surface area contributed by atoms with E-state index in [2.05, 4.69) is 10.1 Å². The molecule has 0 saturated heterocycles. The Balaban J connectivity index is 2.10. The molecule has 0 unspecified atom stereocenters. The van der Waals surface area contributed by atoms with E-state index < -0.39 is 0 Å². The smallest absolute Gasteiger partial charge is 0.274 e. The quantitative estimate of drug-likeness (QED) is 0.815. The first-order valence-corrected chi connectivity index (χ1v) is 7.01. The summed E-state index contributed by atoms with van der Waals surface area (Å²) in [6.07, 6.45) is 3.48. The summed E-state index contributed by atoms with van der Waals surface area (Å²) in [5.41, 5.74) is 1.33. The normalized spacial score (nSPS) is 10.4. The number of aryl methyl sites for hydroxylation is 1. The van der Waals surface area contributed by atoms with Crippen molar-refractivity contribution >= 4 is 5.91 Å². The third-order valence-electron chi connectivity index (χ3n) is 3.07. The predicted molar refractivity (Wildman–Crippen MR) is 79.1 cm³/mol. The number of amides is 1. The van der Waals surface area contributed by atoms with Gasteiger partial charge in [0.05, 0.1) is 13.2 Å². The van der Waals surface area contributed by atoms with Gasteiger partial charge in [-0.25, -0.2) is 4.98 Å². The van der Waals surface area contributed by atoms with Gasteiger partial charge in [0.25, 0.3) is 5.91 Å². The van der Waals surface area contributed by atoms with Crippen LogP contribution in [0.4, 0.5) is 0 Å². The van der Waals surface area contributed by atoms with Crippen LogP contribution in [0.5, 0.6) is 5.88 Å². The maximum atomic E-state index is 12.3. The molecular formula is C15H20N4O2. The summed E-state index contributed by atoms with van der Waals surface area (Å²) >= 11 is 0. The van der Waals surface area contributed by atoms with Gasteiger partial charge in [0, 0.05) is 31.5 Å². The number of ether oxygens (including phenoxy) is 1. The summed E-state index contributed by atoms with van der Waals surface area (Å²) in [6.45, 7) is 5.61. The lowest BCUT2D eigenvalue weighted by Gasteiger charge is -2.17. The molecular weight excluding hydrogens is 268 g/mol. The Morgan fingerprint density at radius 1 is 1.38 bits per heavy atom. The molecule has 0 aliphatic carbocycles. The Labute approximate surface area is 124 Å². The van der Waals surface area contributed by atoms with Gasteiger partial charge < -0.3 is 9.64 Å². The summed E-state index contributed by atoms with van der Waals surface area (Å²) in [5, 5.41) is 4.23. The second-order valence-corrected chi connectivity index (χ2v) is 4.62. The number of carbonyl (C=O) groups is 1. The fraction of sp³-hybridized carbons (Fsp3) is 0.400. The number of hydrogen-bond acceptors (Lipinski definition) is 4. The molecule has 0 N–H and O–H groups in total. The van der Waals surface area contributed by atoms with E-state index in [0.717, 1.165) is 12.1 Å². The van der Waals surface area contributed by atoms with E-state index >= 15 is 0 Å². The molecule has 0 aromatic carbocycles. The summed E-state index contributed by atoms with van der Waals surface area (Å²) in [4.78, 5) is 18.1. The minimum absolute atomic E-state index is 0.117. The molecule has 0 saturated carbocycles. The molecule has 0 aliphatic rings. The molecule has 6 nitrogen and oxygen atoms in total. The number of pyridine rings is 1. The van der Waals surface area contributed by atoms with Crippen LogP contribution in [0.25, 0.3) is 0 Å². The first-order valence-electron chi connectivity index (χ1n) is 7.01. The number of carbonyl (C=O) groups excluding carboxylic acids is 1.